The number of hydrogen-bond donors (Lipinski definition) is 1. The molecular weight excluding hydrogens is 384 g/mol. The van der Waals surface area contributed by atoms with Crippen molar-refractivity contribution >= 4 is 17.2 Å². The fraction of sp³-hybridized carbons (Fsp3) is 0.364. The monoisotopic (exact) mass is 402 g/mol. The van der Waals surface area contributed by atoms with Crippen LogP contribution in [0.2, 0.25) is 0 Å². The lowest BCUT2D eigenvalue weighted by molar-refractivity contribution is -0.287. The Labute approximate surface area is 173 Å². The highest BCUT2D eigenvalue weighted by atomic mass is 32.1. The van der Waals surface area contributed by atoms with Gasteiger partial charge in [0.2, 0.25) is 17.1 Å². The van der Waals surface area contributed by atoms with Crippen molar-refractivity contribution in [1.29, 1.82) is 21.2 Å². The van der Waals surface area contributed by atoms with Crippen molar-refractivity contribution in [3.8, 4) is 18.2 Å². The molecule has 0 radical (unpaired) electrons. The first-order chi connectivity index (χ1) is 13.8. The molecule has 1 N–H and O–H groups in total. The van der Waals surface area contributed by atoms with E-state index in [1.54, 1.807) is 13.0 Å². The molecular formula is C22H18N4O2S. The number of rotatable bonds is 2. The SMILES string of the molecule is Cc1ccc(C23OC(=N)C(C#N)(C2C)C(C#N)(C#N)C(c2ccc(C)s2)O3)cc1. The van der Waals surface area contributed by atoms with Gasteiger partial charge in [0.25, 0.3) is 0 Å². The fourth-order valence-corrected chi connectivity index (χ4v) is 5.48. The van der Waals surface area contributed by atoms with Crippen molar-refractivity contribution in [2.24, 2.45) is 16.7 Å². The van der Waals surface area contributed by atoms with E-state index in [0.717, 1.165) is 10.4 Å². The minimum absolute atomic E-state index is 0.396. The van der Waals surface area contributed by atoms with Crippen LogP contribution < -0.4 is 0 Å². The van der Waals surface area contributed by atoms with Crippen LogP contribution in [0.15, 0.2) is 36.4 Å². The van der Waals surface area contributed by atoms with Crippen LogP contribution >= 0.6 is 11.3 Å². The number of fused-ring (bicyclic) bond motifs is 2. The average molecular weight is 402 g/mol. The van der Waals surface area contributed by atoms with E-state index in [1.165, 1.54) is 11.3 Å². The summed E-state index contributed by atoms with van der Waals surface area (Å²) in [5, 5.41) is 39.2. The van der Waals surface area contributed by atoms with Gasteiger partial charge in [-0.1, -0.05) is 36.8 Å². The summed E-state index contributed by atoms with van der Waals surface area (Å²) in [4.78, 5) is 1.65. The van der Waals surface area contributed by atoms with Crippen LogP contribution in [0.5, 0.6) is 0 Å². The summed E-state index contributed by atoms with van der Waals surface area (Å²) < 4.78 is 12.4. The second kappa shape index (κ2) is 6.16. The third-order valence-electron chi connectivity index (χ3n) is 6.14. The van der Waals surface area contributed by atoms with Crippen LogP contribution in [0, 0.1) is 70.0 Å². The lowest BCUT2D eigenvalue weighted by atomic mass is 9.54. The van der Waals surface area contributed by atoms with Gasteiger partial charge in [0.15, 0.2) is 5.41 Å². The topological polar surface area (TPSA) is 114 Å². The molecule has 144 valence electrons. The molecule has 2 aliphatic rings. The summed E-state index contributed by atoms with van der Waals surface area (Å²) in [6.07, 6.45) is -1.03. The Morgan fingerprint density at radius 1 is 1.00 bits per heavy atom. The Morgan fingerprint density at radius 2 is 1.66 bits per heavy atom. The van der Waals surface area contributed by atoms with E-state index in [9.17, 15) is 15.8 Å². The van der Waals surface area contributed by atoms with Crippen LogP contribution in [-0.4, -0.2) is 5.90 Å². The van der Waals surface area contributed by atoms with Gasteiger partial charge in [-0.25, -0.2) is 0 Å². The third-order valence-corrected chi connectivity index (χ3v) is 7.19. The minimum Gasteiger partial charge on any atom is -0.443 e. The Balaban J connectivity index is 2.03. The Kier molecular flexibility index (Phi) is 4.07. The van der Waals surface area contributed by atoms with E-state index < -0.39 is 34.5 Å². The predicted molar refractivity (Wildman–Crippen MR) is 105 cm³/mol. The van der Waals surface area contributed by atoms with Crippen LogP contribution in [0.4, 0.5) is 0 Å². The van der Waals surface area contributed by atoms with Crippen LogP contribution in [0.3, 0.4) is 0 Å². The summed E-state index contributed by atoms with van der Waals surface area (Å²) in [6, 6.07) is 17.4. The van der Waals surface area contributed by atoms with E-state index in [4.69, 9.17) is 14.9 Å². The van der Waals surface area contributed by atoms with Gasteiger partial charge < -0.3 is 9.47 Å². The standard InChI is InChI=1S/C22H18N4O2S/c1-13-4-7-16(8-5-13)22-15(3)21(12-25,19(26)28-22)20(10-23,11-24)18(27-22)17-9-6-14(2)29-17/h4-9,15,18,26H,1-3H3. The van der Waals surface area contributed by atoms with Gasteiger partial charge in [0.1, 0.15) is 6.10 Å². The van der Waals surface area contributed by atoms with Gasteiger partial charge in [-0.15, -0.1) is 11.3 Å². The Hall–Kier alpha value is -3.18. The molecule has 4 rings (SSSR count). The number of aryl methyl sites for hydroxylation is 2. The van der Waals surface area contributed by atoms with Crippen LogP contribution in [-0.2, 0) is 15.3 Å². The summed E-state index contributed by atoms with van der Waals surface area (Å²) in [6.45, 7) is 5.59. The van der Waals surface area contributed by atoms with Crippen molar-refractivity contribution in [3.63, 3.8) is 0 Å². The molecule has 1 aromatic carbocycles. The molecule has 0 amide bonds. The molecule has 4 unspecified atom stereocenters. The summed E-state index contributed by atoms with van der Waals surface area (Å²) >= 11 is 1.40. The number of nitrogens with zero attached hydrogens (tertiary/aromatic N) is 3. The maximum Gasteiger partial charge on any atom is 0.244 e. The molecule has 3 heterocycles. The zero-order chi connectivity index (χ0) is 21.0. The first kappa shape index (κ1) is 19.2. The predicted octanol–water partition coefficient (Wildman–Crippen LogP) is 4.48. The second-order valence-corrected chi connectivity index (χ2v) is 8.90. The number of thiophene rings is 1. The van der Waals surface area contributed by atoms with Crippen LogP contribution in [0.1, 0.15) is 33.9 Å². The normalized spacial score (nSPS) is 31.9. The van der Waals surface area contributed by atoms with Crippen LogP contribution in [0.25, 0.3) is 0 Å². The zero-order valence-electron chi connectivity index (χ0n) is 16.2. The van der Waals surface area contributed by atoms with Crippen molar-refractivity contribution in [1.82, 2.24) is 0 Å². The lowest BCUT2D eigenvalue weighted by Gasteiger charge is -2.48. The zero-order valence-corrected chi connectivity index (χ0v) is 17.0. The summed E-state index contributed by atoms with van der Waals surface area (Å²) in [7, 11) is 0. The first-order valence-electron chi connectivity index (χ1n) is 9.14. The molecule has 1 aromatic heterocycles. The van der Waals surface area contributed by atoms with E-state index in [-0.39, 0.29) is 0 Å². The van der Waals surface area contributed by atoms with Gasteiger partial charge in [-0.2, -0.15) is 15.8 Å². The fourth-order valence-electron chi connectivity index (χ4n) is 4.50. The molecule has 0 spiro atoms. The molecule has 0 aliphatic carbocycles. The smallest absolute Gasteiger partial charge is 0.244 e. The number of nitriles is 3. The van der Waals surface area contributed by atoms with Crippen molar-refractivity contribution < 1.29 is 9.47 Å². The molecule has 2 fully saturated rings. The average Bonchev–Trinajstić information content (AvgIpc) is 3.21. The number of nitrogens with one attached hydrogen (secondary N) is 1. The molecule has 6 nitrogen and oxygen atoms in total. The number of ether oxygens (including phenoxy) is 2. The van der Waals surface area contributed by atoms with Gasteiger partial charge in [-0.05, 0) is 26.0 Å². The maximum absolute atomic E-state index is 10.3. The largest absolute Gasteiger partial charge is 0.443 e. The summed E-state index contributed by atoms with van der Waals surface area (Å²) in [5.41, 5.74) is -1.98. The quantitative estimate of drug-likeness (QED) is 0.796. The van der Waals surface area contributed by atoms with E-state index in [0.29, 0.717) is 10.4 Å². The maximum atomic E-state index is 10.3. The highest BCUT2D eigenvalue weighted by molar-refractivity contribution is 7.12. The molecule has 2 aromatic rings. The highest BCUT2D eigenvalue weighted by Crippen LogP contribution is 2.69. The number of benzene rings is 1. The van der Waals surface area contributed by atoms with Gasteiger partial charge in [0.05, 0.1) is 24.1 Å². The Morgan fingerprint density at radius 3 is 2.17 bits per heavy atom. The highest BCUT2D eigenvalue weighted by Gasteiger charge is 2.79. The number of hydrogen-bond acceptors (Lipinski definition) is 7. The summed E-state index contributed by atoms with van der Waals surface area (Å²) in [5.74, 6) is -2.57. The van der Waals surface area contributed by atoms with Crippen molar-refractivity contribution in [3.05, 3.63) is 57.3 Å². The van der Waals surface area contributed by atoms with E-state index >= 15 is 0 Å². The lowest BCUT2D eigenvalue weighted by Crippen LogP contribution is -2.57. The molecule has 29 heavy (non-hydrogen) atoms. The molecule has 2 bridgehead atoms. The third kappa shape index (κ3) is 2.13. The van der Waals surface area contributed by atoms with Gasteiger partial charge in [0, 0.05) is 15.3 Å². The molecule has 7 heteroatoms. The molecule has 0 saturated carbocycles. The second-order valence-electron chi connectivity index (χ2n) is 7.58. The van der Waals surface area contributed by atoms with Crippen molar-refractivity contribution in [2.45, 2.75) is 32.7 Å². The molecule has 2 saturated heterocycles. The van der Waals surface area contributed by atoms with Crippen molar-refractivity contribution in [2.75, 3.05) is 0 Å². The molecule has 4 atom stereocenters. The minimum atomic E-state index is -1.92. The first-order valence-corrected chi connectivity index (χ1v) is 9.96. The van der Waals surface area contributed by atoms with Gasteiger partial charge >= 0.3 is 0 Å². The van der Waals surface area contributed by atoms with Gasteiger partial charge in [-0.3, -0.25) is 5.41 Å². The van der Waals surface area contributed by atoms with E-state index in [1.807, 2.05) is 44.2 Å². The van der Waals surface area contributed by atoms with E-state index in [2.05, 4.69) is 18.2 Å². The Bertz CT molecular complexity index is 1120. The molecule has 2 aliphatic heterocycles.